The fourth-order valence-electron chi connectivity index (χ4n) is 5.74. The quantitative estimate of drug-likeness (QED) is 0.299. The van der Waals surface area contributed by atoms with Gasteiger partial charge in [-0.2, -0.15) is 18.3 Å². The van der Waals surface area contributed by atoms with Crippen molar-refractivity contribution in [1.82, 2.24) is 20.0 Å². The van der Waals surface area contributed by atoms with Crippen LogP contribution in [0.4, 0.5) is 23.2 Å². The number of nitrogens with one attached hydrogen (secondary N) is 2. The Morgan fingerprint density at radius 2 is 1.77 bits per heavy atom. The molecule has 1 saturated heterocycles. The Labute approximate surface area is 253 Å². The summed E-state index contributed by atoms with van der Waals surface area (Å²) >= 11 is 0. The van der Waals surface area contributed by atoms with Gasteiger partial charge in [0.15, 0.2) is 0 Å². The summed E-state index contributed by atoms with van der Waals surface area (Å²) in [6, 6.07) is 2.22. The van der Waals surface area contributed by atoms with Gasteiger partial charge in [0.05, 0.1) is 18.2 Å². The van der Waals surface area contributed by atoms with Gasteiger partial charge in [0, 0.05) is 25.4 Å². The average molecular weight is 620 g/mol. The number of allylic oxidation sites excluding steroid dienone is 1. The monoisotopic (exact) mass is 619 g/mol. The minimum atomic E-state index is -4.63. The molecule has 2 N–H and O–H groups in total. The number of ether oxygens (including phenoxy) is 1. The van der Waals surface area contributed by atoms with Gasteiger partial charge in [-0.05, 0) is 88.1 Å². The van der Waals surface area contributed by atoms with Crippen molar-refractivity contribution < 1.29 is 36.7 Å². The number of rotatable bonds is 9. The van der Waals surface area contributed by atoms with Crippen molar-refractivity contribution >= 4 is 23.4 Å². The summed E-state index contributed by atoms with van der Waals surface area (Å²) in [5.74, 6) is -3.63. The zero-order chi connectivity index (χ0) is 31.8. The highest BCUT2D eigenvalue weighted by Crippen LogP contribution is 2.46. The fourth-order valence-corrected chi connectivity index (χ4v) is 5.74. The molecule has 0 radical (unpaired) electrons. The Morgan fingerprint density at radius 3 is 2.39 bits per heavy atom. The first-order valence-electron chi connectivity index (χ1n) is 15.0. The van der Waals surface area contributed by atoms with Crippen LogP contribution in [0.3, 0.4) is 0 Å². The predicted molar refractivity (Wildman–Crippen MR) is 153 cm³/mol. The van der Waals surface area contributed by atoms with Gasteiger partial charge in [-0.25, -0.2) is 4.39 Å². The third kappa shape index (κ3) is 6.98. The van der Waals surface area contributed by atoms with E-state index in [4.69, 9.17) is 4.74 Å². The molecule has 0 spiro atoms. The number of nitrogens with zero attached hydrogens (tertiary/aromatic N) is 3. The summed E-state index contributed by atoms with van der Waals surface area (Å²) in [5.41, 5.74) is 2.28. The lowest BCUT2D eigenvalue weighted by molar-refractivity contribution is -0.189. The van der Waals surface area contributed by atoms with E-state index in [1.165, 1.54) is 25.3 Å². The number of hydrogen-bond donors (Lipinski definition) is 2. The van der Waals surface area contributed by atoms with E-state index in [-0.39, 0.29) is 49.4 Å². The average Bonchev–Trinajstić information content (AvgIpc) is 3.90. The number of benzene rings is 1. The molecule has 3 atom stereocenters. The summed E-state index contributed by atoms with van der Waals surface area (Å²) in [7, 11) is 0. The Kier molecular flexibility index (Phi) is 9.15. The normalized spacial score (nSPS) is 20.1. The minimum absolute atomic E-state index is 0.0269. The Morgan fingerprint density at radius 1 is 1.05 bits per heavy atom. The molecule has 2 heterocycles. The van der Waals surface area contributed by atoms with Gasteiger partial charge in [-0.3, -0.25) is 19.1 Å². The molecular formula is C31H37F4N5O4. The summed E-state index contributed by atoms with van der Waals surface area (Å²) in [6.07, 6.45) is -0.0235. The maximum atomic E-state index is 15.4. The molecule has 2 aromatic rings. The van der Waals surface area contributed by atoms with Gasteiger partial charge in [0.25, 0.3) is 11.8 Å². The van der Waals surface area contributed by atoms with Crippen molar-refractivity contribution in [2.75, 3.05) is 25.1 Å². The van der Waals surface area contributed by atoms with Gasteiger partial charge < -0.3 is 20.3 Å². The van der Waals surface area contributed by atoms with Crippen molar-refractivity contribution in [3.63, 3.8) is 0 Å². The summed E-state index contributed by atoms with van der Waals surface area (Å²) in [4.78, 5) is 40.9. The van der Waals surface area contributed by atoms with Gasteiger partial charge in [-0.15, -0.1) is 0 Å². The van der Waals surface area contributed by atoms with Crippen molar-refractivity contribution in [2.24, 2.45) is 5.92 Å². The summed E-state index contributed by atoms with van der Waals surface area (Å²) in [6.45, 7) is 4.81. The number of halogens is 4. The molecule has 1 aliphatic heterocycles. The molecule has 3 amide bonds. The van der Waals surface area contributed by atoms with E-state index in [1.54, 1.807) is 10.7 Å². The third-order valence-corrected chi connectivity index (χ3v) is 8.34. The molecule has 3 aliphatic rings. The number of hydrogen-bond acceptors (Lipinski definition) is 5. The first kappa shape index (κ1) is 31.7. The highest BCUT2D eigenvalue weighted by atomic mass is 19.4. The predicted octanol–water partition coefficient (Wildman–Crippen LogP) is 5.12. The van der Waals surface area contributed by atoms with Crippen LogP contribution >= 0.6 is 0 Å². The van der Waals surface area contributed by atoms with Crippen LogP contribution in [0, 0.1) is 11.7 Å². The maximum absolute atomic E-state index is 15.4. The Balaban J connectivity index is 1.34. The Bertz CT molecular complexity index is 1440. The van der Waals surface area contributed by atoms with Crippen LogP contribution in [0.25, 0.3) is 0 Å². The molecule has 5 rings (SSSR count). The molecule has 44 heavy (non-hydrogen) atoms. The van der Waals surface area contributed by atoms with Crippen molar-refractivity contribution in [3.05, 3.63) is 58.7 Å². The van der Waals surface area contributed by atoms with E-state index in [0.29, 0.717) is 5.69 Å². The van der Waals surface area contributed by atoms with Crippen molar-refractivity contribution in [1.29, 1.82) is 0 Å². The van der Waals surface area contributed by atoms with Crippen LogP contribution in [0.2, 0.25) is 0 Å². The molecule has 238 valence electrons. The summed E-state index contributed by atoms with van der Waals surface area (Å²) < 4.78 is 63.2. The number of amides is 3. The van der Waals surface area contributed by atoms with Crippen LogP contribution in [0.15, 0.2) is 41.6 Å². The third-order valence-electron chi connectivity index (χ3n) is 8.34. The van der Waals surface area contributed by atoms with E-state index in [0.717, 1.165) is 47.8 Å². The van der Waals surface area contributed by atoms with E-state index in [9.17, 15) is 27.6 Å². The molecule has 1 aromatic carbocycles. The molecule has 1 unspecified atom stereocenters. The number of aromatic nitrogens is 2. The minimum Gasteiger partial charge on any atom is -0.380 e. The lowest BCUT2D eigenvalue weighted by Crippen LogP contribution is -2.50. The van der Waals surface area contributed by atoms with Crippen LogP contribution in [0.1, 0.15) is 80.9 Å². The molecular weight excluding hydrogens is 582 g/mol. The molecule has 2 aliphatic carbocycles. The second kappa shape index (κ2) is 12.7. The highest BCUT2D eigenvalue weighted by Gasteiger charge is 2.46. The first-order valence-corrected chi connectivity index (χ1v) is 15.0. The van der Waals surface area contributed by atoms with Crippen LogP contribution < -0.4 is 10.6 Å². The van der Waals surface area contributed by atoms with Crippen LogP contribution in [0.5, 0.6) is 0 Å². The zero-order valence-corrected chi connectivity index (χ0v) is 24.9. The Hall–Kier alpha value is -3.74. The lowest BCUT2D eigenvalue weighted by Gasteiger charge is -2.33. The van der Waals surface area contributed by atoms with Crippen LogP contribution in [-0.4, -0.2) is 70.4 Å². The lowest BCUT2D eigenvalue weighted by atomic mass is 9.97. The van der Waals surface area contributed by atoms with E-state index in [1.807, 2.05) is 13.8 Å². The molecule has 1 aromatic heterocycles. The second-order valence-corrected chi connectivity index (χ2v) is 11.9. The van der Waals surface area contributed by atoms with E-state index < -0.39 is 47.7 Å². The largest absolute Gasteiger partial charge is 0.408 e. The standard InChI is InChI=1S/C31H37F4N5O4/c1-17(2)40-24(10-12-36-40)28(41)38-27(26(19-4-5-19)20-6-7-20)29(42)37-23-9-8-21(16-22(23)32)18(3)30(43)39-13-15-44-14-11-25(39)31(33,34)35/h8-10,12,16-19,25,27H,4-7,11,13-15H2,1-3H3,(H,37,42)(H,38,41)/t18-,25?,27-/m0/s1. The highest BCUT2D eigenvalue weighted by molar-refractivity contribution is 6.02. The smallest absolute Gasteiger partial charge is 0.380 e. The molecule has 2 saturated carbocycles. The summed E-state index contributed by atoms with van der Waals surface area (Å²) in [5, 5.41) is 9.65. The van der Waals surface area contributed by atoms with Gasteiger partial charge in [-0.1, -0.05) is 11.6 Å². The second-order valence-electron chi connectivity index (χ2n) is 11.9. The molecule has 9 nitrogen and oxygen atoms in total. The molecule has 0 bridgehead atoms. The molecule has 13 heteroatoms. The zero-order valence-electron chi connectivity index (χ0n) is 24.9. The SMILES string of the molecule is CC(C)n1nccc1C(=O)N[C@H](C(=O)Nc1ccc([C@H](C)C(=O)N2CCOCCC2C(F)(F)F)cc1F)C(=C1CC1)C1CC1. The van der Waals surface area contributed by atoms with Crippen molar-refractivity contribution in [3.8, 4) is 0 Å². The fraction of sp³-hybridized carbons (Fsp3) is 0.548. The number of alkyl halides is 3. The van der Waals surface area contributed by atoms with E-state index >= 15 is 4.39 Å². The van der Waals surface area contributed by atoms with Gasteiger partial charge in [0.2, 0.25) is 5.91 Å². The topological polar surface area (TPSA) is 106 Å². The van der Waals surface area contributed by atoms with Gasteiger partial charge >= 0.3 is 6.18 Å². The van der Waals surface area contributed by atoms with Gasteiger partial charge in [0.1, 0.15) is 23.6 Å². The molecule has 3 fully saturated rings. The van der Waals surface area contributed by atoms with Crippen molar-refractivity contribution in [2.45, 2.75) is 83.1 Å². The van der Waals surface area contributed by atoms with E-state index in [2.05, 4.69) is 15.7 Å². The maximum Gasteiger partial charge on any atom is 0.408 e. The van der Waals surface area contributed by atoms with Crippen LogP contribution in [-0.2, 0) is 14.3 Å². The number of carbonyl (C=O) groups excluding carboxylic acids is 3. The number of carbonyl (C=O) groups is 3. The first-order chi connectivity index (χ1) is 20.9. The number of anilines is 1.